The van der Waals surface area contributed by atoms with Gasteiger partial charge in [0.15, 0.2) is 0 Å². The maximum Gasteiger partial charge on any atom is 0.237 e. The molecular weight excluding hydrogens is 386 g/mol. The molecule has 0 unspecified atom stereocenters. The Balaban J connectivity index is 1.95. The molecule has 2 fully saturated rings. The van der Waals surface area contributed by atoms with Crippen molar-refractivity contribution >= 4 is 49.4 Å². The Morgan fingerprint density at radius 3 is 2.10 bits per heavy atom. The third kappa shape index (κ3) is 2.25. The van der Waals surface area contributed by atoms with Crippen LogP contribution >= 0.6 is 31.9 Å². The van der Waals surface area contributed by atoms with Crippen LogP contribution < -0.4 is 4.90 Å². The SMILES string of the molecule is Cc1cccc(N2C(=O)[C@@H]3C[C@H](Br)[C@@H](Br)C[C@H]3C2=O)c1. The summed E-state index contributed by atoms with van der Waals surface area (Å²) in [6, 6.07) is 7.57. The van der Waals surface area contributed by atoms with Gasteiger partial charge in [0, 0.05) is 9.65 Å². The van der Waals surface area contributed by atoms with Crippen molar-refractivity contribution < 1.29 is 9.59 Å². The second-order valence-electron chi connectivity index (χ2n) is 5.57. The van der Waals surface area contributed by atoms with Gasteiger partial charge in [0.25, 0.3) is 0 Å². The van der Waals surface area contributed by atoms with Crippen molar-refractivity contribution in [2.24, 2.45) is 11.8 Å². The van der Waals surface area contributed by atoms with Gasteiger partial charge in [0.2, 0.25) is 11.8 Å². The van der Waals surface area contributed by atoms with Gasteiger partial charge in [0.05, 0.1) is 17.5 Å². The summed E-state index contributed by atoms with van der Waals surface area (Å²) in [6.07, 6.45) is 1.43. The molecule has 0 radical (unpaired) electrons. The van der Waals surface area contributed by atoms with Crippen molar-refractivity contribution in [1.29, 1.82) is 0 Å². The summed E-state index contributed by atoms with van der Waals surface area (Å²) in [5.74, 6) is -0.453. The summed E-state index contributed by atoms with van der Waals surface area (Å²) >= 11 is 7.19. The van der Waals surface area contributed by atoms with Crippen LogP contribution in [0.2, 0.25) is 0 Å². The van der Waals surface area contributed by atoms with E-state index in [0.717, 1.165) is 5.56 Å². The summed E-state index contributed by atoms with van der Waals surface area (Å²) < 4.78 is 0. The number of alkyl halides is 2. The highest BCUT2D eigenvalue weighted by atomic mass is 79.9. The molecule has 1 aliphatic carbocycles. The first-order chi connectivity index (χ1) is 9.49. The van der Waals surface area contributed by atoms with E-state index in [0.29, 0.717) is 18.5 Å². The molecule has 1 saturated heterocycles. The Kier molecular flexibility index (Phi) is 3.75. The highest BCUT2D eigenvalue weighted by molar-refractivity contribution is 9.12. The van der Waals surface area contributed by atoms with Crippen molar-refractivity contribution in [1.82, 2.24) is 0 Å². The van der Waals surface area contributed by atoms with Gasteiger partial charge in [-0.3, -0.25) is 14.5 Å². The lowest BCUT2D eigenvalue weighted by Crippen LogP contribution is -2.34. The number of carbonyl (C=O) groups is 2. The molecule has 1 aromatic rings. The maximum absolute atomic E-state index is 12.6. The Hall–Kier alpha value is -0.680. The maximum atomic E-state index is 12.6. The van der Waals surface area contributed by atoms with Gasteiger partial charge in [-0.25, -0.2) is 0 Å². The van der Waals surface area contributed by atoms with E-state index in [2.05, 4.69) is 31.9 Å². The Labute approximate surface area is 135 Å². The number of benzene rings is 1. The number of carbonyl (C=O) groups excluding carboxylic acids is 2. The van der Waals surface area contributed by atoms with Crippen molar-refractivity contribution in [3.8, 4) is 0 Å². The molecule has 3 nitrogen and oxygen atoms in total. The molecule has 0 bridgehead atoms. The zero-order valence-corrected chi connectivity index (χ0v) is 14.2. The summed E-state index contributed by atoms with van der Waals surface area (Å²) in [5.41, 5.74) is 1.75. The topological polar surface area (TPSA) is 37.4 Å². The van der Waals surface area contributed by atoms with Crippen LogP contribution in [0.4, 0.5) is 5.69 Å². The number of hydrogen-bond donors (Lipinski definition) is 0. The van der Waals surface area contributed by atoms with E-state index in [1.54, 1.807) is 0 Å². The van der Waals surface area contributed by atoms with Gasteiger partial charge in [-0.2, -0.15) is 0 Å². The lowest BCUT2D eigenvalue weighted by molar-refractivity contribution is -0.122. The van der Waals surface area contributed by atoms with E-state index in [1.807, 2.05) is 31.2 Å². The van der Waals surface area contributed by atoms with E-state index in [9.17, 15) is 9.59 Å². The van der Waals surface area contributed by atoms with Gasteiger partial charge in [-0.1, -0.05) is 44.0 Å². The lowest BCUT2D eigenvalue weighted by atomic mass is 9.81. The van der Waals surface area contributed by atoms with Crippen LogP contribution in [0.25, 0.3) is 0 Å². The number of imide groups is 1. The Bertz CT molecular complexity index is 547. The second kappa shape index (κ2) is 5.26. The first kappa shape index (κ1) is 14.3. The number of fused-ring (bicyclic) bond motifs is 1. The highest BCUT2D eigenvalue weighted by Crippen LogP contribution is 2.44. The number of hydrogen-bond acceptors (Lipinski definition) is 2. The van der Waals surface area contributed by atoms with Crippen LogP contribution in [0.1, 0.15) is 18.4 Å². The molecule has 1 aromatic carbocycles. The van der Waals surface area contributed by atoms with Crippen molar-refractivity contribution in [3.63, 3.8) is 0 Å². The van der Waals surface area contributed by atoms with Crippen molar-refractivity contribution in [3.05, 3.63) is 29.8 Å². The molecule has 5 heteroatoms. The fourth-order valence-corrected chi connectivity index (χ4v) is 4.35. The molecule has 3 rings (SSSR count). The molecule has 0 spiro atoms. The van der Waals surface area contributed by atoms with Crippen LogP contribution in [-0.4, -0.2) is 21.5 Å². The Morgan fingerprint density at radius 2 is 1.60 bits per heavy atom. The van der Waals surface area contributed by atoms with Crippen LogP contribution in [0.5, 0.6) is 0 Å². The van der Waals surface area contributed by atoms with Gasteiger partial charge in [-0.15, -0.1) is 0 Å². The minimum atomic E-state index is -0.179. The average molecular weight is 401 g/mol. The average Bonchev–Trinajstić information content (AvgIpc) is 2.63. The van der Waals surface area contributed by atoms with Crippen molar-refractivity contribution in [2.75, 3.05) is 4.90 Å². The minimum absolute atomic E-state index is 0.0468. The predicted molar refractivity (Wildman–Crippen MR) is 85.3 cm³/mol. The predicted octanol–water partition coefficient (Wildman–Crippen LogP) is 3.42. The molecule has 1 aliphatic heterocycles. The molecule has 20 heavy (non-hydrogen) atoms. The van der Waals surface area contributed by atoms with Crippen LogP contribution in [0, 0.1) is 18.8 Å². The number of halogens is 2. The summed E-state index contributed by atoms with van der Waals surface area (Å²) in [6.45, 7) is 1.96. The lowest BCUT2D eigenvalue weighted by Gasteiger charge is -2.29. The van der Waals surface area contributed by atoms with Gasteiger partial charge >= 0.3 is 0 Å². The molecular formula is C15H15Br2NO2. The number of rotatable bonds is 1. The van der Waals surface area contributed by atoms with Gasteiger partial charge in [0.1, 0.15) is 0 Å². The molecule has 2 aliphatic rings. The number of aryl methyl sites for hydroxylation is 1. The fourth-order valence-electron chi connectivity index (χ4n) is 3.12. The van der Waals surface area contributed by atoms with Crippen molar-refractivity contribution in [2.45, 2.75) is 29.4 Å². The van der Waals surface area contributed by atoms with Crippen LogP contribution in [0.15, 0.2) is 24.3 Å². The minimum Gasteiger partial charge on any atom is -0.274 e. The molecule has 2 amide bonds. The molecule has 1 heterocycles. The second-order valence-corrected chi connectivity index (χ2v) is 7.92. The quantitative estimate of drug-likeness (QED) is 0.535. The highest BCUT2D eigenvalue weighted by Gasteiger charge is 2.52. The molecule has 4 atom stereocenters. The van der Waals surface area contributed by atoms with Gasteiger partial charge < -0.3 is 0 Å². The van der Waals surface area contributed by atoms with E-state index in [1.165, 1.54) is 4.90 Å². The first-order valence-electron chi connectivity index (χ1n) is 6.71. The van der Waals surface area contributed by atoms with Gasteiger partial charge in [-0.05, 0) is 37.5 Å². The fraction of sp³-hybridized carbons (Fsp3) is 0.467. The zero-order chi connectivity index (χ0) is 14.4. The molecule has 1 saturated carbocycles. The van der Waals surface area contributed by atoms with Crippen LogP contribution in [0.3, 0.4) is 0 Å². The van der Waals surface area contributed by atoms with E-state index in [4.69, 9.17) is 0 Å². The monoisotopic (exact) mass is 399 g/mol. The third-order valence-corrected chi connectivity index (χ3v) is 6.90. The standard InChI is InChI=1S/C15H15Br2NO2/c1-8-3-2-4-9(5-8)18-14(19)10-6-12(16)13(17)7-11(10)15(18)20/h2-5,10-13H,6-7H2,1H3/t10-,11-,12+,13+/m1/s1. The molecule has 0 N–H and O–H groups in total. The number of amides is 2. The smallest absolute Gasteiger partial charge is 0.237 e. The first-order valence-corrected chi connectivity index (χ1v) is 8.55. The largest absolute Gasteiger partial charge is 0.274 e. The molecule has 0 aromatic heterocycles. The summed E-state index contributed by atoms with van der Waals surface area (Å²) in [5, 5.41) is 0. The third-order valence-electron chi connectivity index (χ3n) is 4.17. The zero-order valence-electron chi connectivity index (χ0n) is 11.1. The Morgan fingerprint density at radius 1 is 1.05 bits per heavy atom. The normalized spacial score (nSPS) is 33.5. The van der Waals surface area contributed by atoms with E-state index in [-0.39, 0.29) is 33.3 Å². The summed E-state index contributed by atoms with van der Waals surface area (Å²) in [7, 11) is 0. The van der Waals surface area contributed by atoms with E-state index < -0.39 is 0 Å². The summed E-state index contributed by atoms with van der Waals surface area (Å²) in [4.78, 5) is 27.0. The molecule has 106 valence electrons. The number of anilines is 1. The number of nitrogens with zero attached hydrogens (tertiary/aromatic N) is 1. The van der Waals surface area contributed by atoms with E-state index >= 15 is 0 Å². The van der Waals surface area contributed by atoms with Crippen LogP contribution in [-0.2, 0) is 9.59 Å².